The van der Waals surface area contributed by atoms with Crippen LogP contribution >= 0.6 is 12.4 Å². The van der Waals surface area contributed by atoms with Gasteiger partial charge in [0.2, 0.25) is 10.0 Å². The van der Waals surface area contributed by atoms with Gasteiger partial charge >= 0.3 is 0 Å². The van der Waals surface area contributed by atoms with Gasteiger partial charge in [0.05, 0.1) is 5.75 Å². The van der Waals surface area contributed by atoms with Crippen LogP contribution in [-0.2, 0) is 10.0 Å². The van der Waals surface area contributed by atoms with E-state index in [1.165, 1.54) is 42.8 Å². The molecule has 1 rings (SSSR count). The minimum absolute atomic E-state index is 0. The first-order chi connectivity index (χ1) is 8.56. The Balaban J connectivity index is 0.00000324. The van der Waals surface area contributed by atoms with Gasteiger partial charge in [-0.15, -0.1) is 12.4 Å². The molecule has 0 aromatic heterocycles. The second-order valence-electron chi connectivity index (χ2n) is 5.22. The maximum atomic E-state index is 11.5. The minimum atomic E-state index is -3.00. The van der Waals surface area contributed by atoms with Crippen LogP contribution in [-0.4, -0.2) is 44.7 Å². The van der Waals surface area contributed by atoms with Crippen molar-refractivity contribution >= 4 is 22.4 Å². The van der Waals surface area contributed by atoms with Gasteiger partial charge in [-0.3, -0.25) is 0 Å². The van der Waals surface area contributed by atoms with E-state index in [0.29, 0.717) is 12.6 Å². The highest BCUT2D eigenvalue weighted by Crippen LogP contribution is 2.17. The fourth-order valence-electron chi connectivity index (χ4n) is 2.45. The van der Waals surface area contributed by atoms with Gasteiger partial charge in [-0.1, -0.05) is 25.7 Å². The van der Waals surface area contributed by atoms with E-state index in [4.69, 9.17) is 0 Å². The van der Waals surface area contributed by atoms with E-state index < -0.39 is 10.0 Å². The quantitative estimate of drug-likeness (QED) is 0.580. The summed E-state index contributed by atoms with van der Waals surface area (Å²) in [6.07, 6.45) is 8.87. The molecule has 0 bridgehead atoms. The molecule has 0 atom stereocenters. The lowest BCUT2D eigenvalue weighted by molar-refractivity contribution is 0.421. The van der Waals surface area contributed by atoms with E-state index in [0.717, 1.165) is 13.0 Å². The molecule has 0 spiro atoms. The van der Waals surface area contributed by atoms with Crippen LogP contribution in [0.1, 0.15) is 51.9 Å². The minimum Gasteiger partial charge on any atom is -0.314 e. The number of sulfonamides is 1. The molecule has 116 valence electrons. The second-order valence-corrected chi connectivity index (χ2v) is 7.58. The molecular weight excluding hydrogens is 284 g/mol. The molecule has 0 radical (unpaired) electrons. The predicted octanol–water partition coefficient (Wildman–Crippen LogP) is 2.39. The monoisotopic (exact) mass is 312 g/mol. The summed E-state index contributed by atoms with van der Waals surface area (Å²) in [5, 5.41) is 3.56. The van der Waals surface area contributed by atoms with Crippen molar-refractivity contribution in [3.8, 4) is 0 Å². The van der Waals surface area contributed by atoms with Crippen molar-refractivity contribution < 1.29 is 8.42 Å². The fraction of sp³-hybridized carbons (Fsp3) is 1.00. The SMILES string of the molecule is CCS(=O)(=O)N(C)CCCNC1CCCCCC1.Cl. The van der Waals surface area contributed by atoms with Crippen LogP contribution in [0, 0.1) is 0 Å². The van der Waals surface area contributed by atoms with Gasteiger partial charge in [-0.25, -0.2) is 12.7 Å². The molecule has 0 aromatic carbocycles. The molecule has 0 unspecified atom stereocenters. The highest BCUT2D eigenvalue weighted by atomic mass is 35.5. The third-order valence-electron chi connectivity index (χ3n) is 3.78. The number of halogens is 1. The van der Waals surface area contributed by atoms with Crippen LogP contribution in [0.4, 0.5) is 0 Å². The third-order valence-corrected chi connectivity index (χ3v) is 5.64. The third kappa shape index (κ3) is 7.49. The van der Waals surface area contributed by atoms with Crippen LogP contribution in [0.2, 0.25) is 0 Å². The number of rotatable bonds is 7. The first-order valence-electron chi connectivity index (χ1n) is 7.23. The maximum absolute atomic E-state index is 11.5. The van der Waals surface area contributed by atoms with Crippen molar-refractivity contribution in [2.45, 2.75) is 57.9 Å². The molecule has 6 heteroatoms. The normalized spacial score (nSPS) is 18.1. The molecule has 4 nitrogen and oxygen atoms in total. The average Bonchev–Trinajstić information content (AvgIpc) is 2.62. The largest absolute Gasteiger partial charge is 0.314 e. The zero-order chi connectivity index (χ0) is 13.4. The Labute approximate surface area is 124 Å². The van der Waals surface area contributed by atoms with Crippen LogP contribution in [0.15, 0.2) is 0 Å². The lowest BCUT2D eigenvalue weighted by atomic mass is 10.1. The summed E-state index contributed by atoms with van der Waals surface area (Å²) >= 11 is 0. The lowest BCUT2D eigenvalue weighted by Crippen LogP contribution is -2.34. The Morgan fingerprint density at radius 3 is 2.26 bits per heavy atom. The van der Waals surface area contributed by atoms with E-state index in [9.17, 15) is 8.42 Å². The van der Waals surface area contributed by atoms with Crippen molar-refractivity contribution in [1.29, 1.82) is 0 Å². The molecule has 0 heterocycles. The molecule has 19 heavy (non-hydrogen) atoms. The first kappa shape index (κ1) is 19.2. The van der Waals surface area contributed by atoms with Gasteiger partial charge in [0.25, 0.3) is 0 Å². The van der Waals surface area contributed by atoms with Gasteiger partial charge in [0.15, 0.2) is 0 Å². The smallest absolute Gasteiger partial charge is 0.213 e. The summed E-state index contributed by atoms with van der Waals surface area (Å²) < 4.78 is 24.6. The van der Waals surface area contributed by atoms with Gasteiger partial charge < -0.3 is 5.32 Å². The Hall–Kier alpha value is 0.160. The first-order valence-corrected chi connectivity index (χ1v) is 8.84. The highest BCUT2D eigenvalue weighted by Gasteiger charge is 2.15. The molecule has 0 aliphatic heterocycles. The number of nitrogens with one attached hydrogen (secondary N) is 1. The van der Waals surface area contributed by atoms with Crippen molar-refractivity contribution in [2.75, 3.05) is 25.9 Å². The lowest BCUT2D eigenvalue weighted by Gasteiger charge is -2.18. The van der Waals surface area contributed by atoms with Gasteiger partial charge in [0.1, 0.15) is 0 Å². The Kier molecular flexibility index (Phi) is 10.1. The molecule has 1 aliphatic rings. The molecule has 0 saturated heterocycles. The number of hydrogen-bond donors (Lipinski definition) is 1. The molecule has 1 N–H and O–H groups in total. The van der Waals surface area contributed by atoms with Crippen LogP contribution < -0.4 is 5.32 Å². The molecule has 1 fully saturated rings. The van der Waals surface area contributed by atoms with Gasteiger partial charge in [0, 0.05) is 19.6 Å². The summed E-state index contributed by atoms with van der Waals surface area (Å²) in [4.78, 5) is 0. The Bertz CT molecular complexity index is 315. The van der Waals surface area contributed by atoms with Crippen LogP contribution in [0.5, 0.6) is 0 Å². The van der Waals surface area contributed by atoms with E-state index >= 15 is 0 Å². The van der Waals surface area contributed by atoms with Gasteiger partial charge in [-0.05, 0) is 32.7 Å². The molecule has 0 amide bonds. The average molecular weight is 313 g/mol. The summed E-state index contributed by atoms with van der Waals surface area (Å²) in [6.45, 7) is 3.24. The number of hydrogen-bond acceptors (Lipinski definition) is 3. The van der Waals surface area contributed by atoms with E-state index in [1.54, 1.807) is 14.0 Å². The van der Waals surface area contributed by atoms with E-state index in [-0.39, 0.29) is 18.2 Å². The van der Waals surface area contributed by atoms with Crippen molar-refractivity contribution in [3.05, 3.63) is 0 Å². The van der Waals surface area contributed by atoms with Crippen molar-refractivity contribution in [2.24, 2.45) is 0 Å². The van der Waals surface area contributed by atoms with E-state index in [2.05, 4.69) is 5.32 Å². The Morgan fingerprint density at radius 2 is 1.74 bits per heavy atom. The summed E-state index contributed by atoms with van der Waals surface area (Å²) in [6, 6.07) is 0.653. The number of nitrogens with zero attached hydrogens (tertiary/aromatic N) is 1. The predicted molar refractivity (Wildman–Crippen MR) is 83.4 cm³/mol. The molecular formula is C13H29ClN2O2S. The summed E-state index contributed by atoms with van der Waals surface area (Å²) in [7, 11) is -1.33. The Morgan fingerprint density at radius 1 is 1.16 bits per heavy atom. The highest BCUT2D eigenvalue weighted by molar-refractivity contribution is 7.89. The zero-order valence-electron chi connectivity index (χ0n) is 12.2. The summed E-state index contributed by atoms with van der Waals surface area (Å²) in [5.74, 6) is 0.194. The fourth-order valence-corrected chi connectivity index (χ4v) is 3.30. The van der Waals surface area contributed by atoms with Crippen LogP contribution in [0.3, 0.4) is 0 Å². The molecule has 1 aliphatic carbocycles. The topological polar surface area (TPSA) is 49.4 Å². The van der Waals surface area contributed by atoms with Crippen molar-refractivity contribution in [3.63, 3.8) is 0 Å². The van der Waals surface area contributed by atoms with Crippen molar-refractivity contribution in [1.82, 2.24) is 9.62 Å². The zero-order valence-corrected chi connectivity index (χ0v) is 13.9. The summed E-state index contributed by atoms with van der Waals surface area (Å²) in [5.41, 5.74) is 0. The molecule has 1 saturated carbocycles. The standard InChI is InChI=1S/C13H28N2O2S.ClH/c1-3-18(16,17)15(2)12-8-11-14-13-9-6-4-5-7-10-13;/h13-14H,3-12H2,1-2H3;1H. The second kappa shape index (κ2) is 9.97. The van der Waals surface area contributed by atoms with E-state index in [1.807, 2.05) is 0 Å². The van der Waals surface area contributed by atoms with Crippen LogP contribution in [0.25, 0.3) is 0 Å². The van der Waals surface area contributed by atoms with Gasteiger partial charge in [-0.2, -0.15) is 0 Å². The molecule has 0 aromatic rings. The maximum Gasteiger partial charge on any atom is 0.213 e.